The van der Waals surface area contributed by atoms with E-state index in [1.165, 1.54) is 0 Å². The molecule has 0 spiro atoms. The minimum absolute atomic E-state index is 0.0794. The third kappa shape index (κ3) is 2.06. The van der Waals surface area contributed by atoms with Crippen molar-refractivity contribution in [1.29, 1.82) is 0 Å². The summed E-state index contributed by atoms with van der Waals surface area (Å²) in [6, 6.07) is 28.2. The van der Waals surface area contributed by atoms with Crippen LogP contribution in [0.3, 0.4) is 0 Å². The minimum Gasteiger partial charge on any atom is -0.294 e. The van der Waals surface area contributed by atoms with E-state index in [1.54, 1.807) is 0 Å². The van der Waals surface area contributed by atoms with E-state index in [2.05, 4.69) is 24.3 Å². The van der Waals surface area contributed by atoms with Gasteiger partial charge in [-0.25, -0.2) is 0 Å². The van der Waals surface area contributed by atoms with Crippen molar-refractivity contribution in [3.63, 3.8) is 0 Å². The molecular formula is C29H16O2. The Morgan fingerprint density at radius 3 is 1.90 bits per heavy atom. The molecule has 2 aliphatic carbocycles. The SMILES string of the molecule is O=C1c2ccccc2-c2cc3c4c(c5ccccc5c3cc21)-c1ccccc1C(=O)C4. The lowest BCUT2D eigenvalue weighted by atomic mass is 9.78. The third-order valence-corrected chi connectivity index (χ3v) is 6.81. The summed E-state index contributed by atoms with van der Waals surface area (Å²) in [5.74, 6) is 0.229. The highest BCUT2D eigenvalue weighted by atomic mass is 16.1. The normalized spacial score (nSPS) is 13.8. The predicted molar refractivity (Wildman–Crippen MR) is 124 cm³/mol. The average Bonchev–Trinajstić information content (AvgIpc) is 3.10. The zero-order valence-electron chi connectivity index (χ0n) is 16.6. The van der Waals surface area contributed by atoms with Gasteiger partial charge in [0.25, 0.3) is 0 Å². The molecule has 0 aliphatic heterocycles. The second-order valence-electron chi connectivity index (χ2n) is 8.36. The van der Waals surface area contributed by atoms with E-state index >= 15 is 0 Å². The molecule has 7 rings (SSSR count). The Morgan fingerprint density at radius 1 is 0.484 bits per heavy atom. The highest BCUT2D eigenvalue weighted by Crippen LogP contribution is 2.47. The maximum absolute atomic E-state index is 13.1. The Hall–Kier alpha value is -4.04. The van der Waals surface area contributed by atoms with Crippen LogP contribution in [0.2, 0.25) is 0 Å². The first-order valence-corrected chi connectivity index (χ1v) is 10.5. The predicted octanol–water partition coefficient (Wildman–Crippen LogP) is 6.61. The van der Waals surface area contributed by atoms with Crippen LogP contribution in [0.5, 0.6) is 0 Å². The molecule has 2 aliphatic rings. The van der Waals surface area contributed by atoms with Crippen LogP contribution < -0.4 is 0 Å². The summed E-state index contributed by atoms with van der Waals surface area (Å²) < 4.78 is 0. The number of rotatable bonds is 0. The Morgan fingerprint density at radius 2 is 1.10 bits per heavy atom. The molecule has 0 radical (unpaired) electrons. The third-order valence-electron chi connectivity index (χ3n) is 6.81. The van der Waals surface area contributed by atoms with Gasteiger partial charge in [0.05, 0.1) is 0 Å². The number of carbonyl (C=O) groups excluding carboxylic acids is 2. The number of hydrogen-bond acceptors (Lipinski definition) is 2. The van der Waals surface area contributed by atoms with Gasteiger partial charge < -0.3 is 0 Å². The second-order valence-corrected chi connectivity index (χ2v) is 8.36. The van der Waals surface area contributed by atoms with Gasteiger partial charge in [-0.05, 0) is 61.5 Å². The molecular weight excluding hydrogens is 380 g/mol. The molecule has 0 atom stereocenters. The molecule has 0 N–H and O–H groups in total. The Kier molecular flexibility index (Phi) is 3.11. The summed E-state index contributed by atoms with van der Waals surface area (Å²) in [6.45, 7) is 0. The van der Waals surface area contributed by atoms with Crippen molar-refractivity contribution in [1.82, 2.24) is 0 Å². The lowest BCUT2D eigenvalue weighted by Crippen LogP contribution is -2.13. The van der Waals surface area contributed by atoms with Crippen molar-refractivity contribution in [2.45, 2.75) is 6.42 Å². The summed E-state index contributed by atoms with van der Waals surface area (Å²) in [6.07, 6.45) is 0.377. The van der Waals surface area contributed by atoms with Gasteiger partial charge in [-0.15, -0.1) is 0 Å². The quantitative estimate of drug-likeness (QED) is 0.271. The van der Waals surface area contributed by atoms with Gasteiger partial charge >= 0.3 is 0 Å². The monoisotopic (exact) mass is 396 g/mol. The molecule has 0 aromatic heterocycles. The standard InChI is InChI=1S/C29H16O2/c30-27-15-25-24-13-23-17-8-2-6-12-21(17)29(31)26(23)14-22(24)16-7-1-4-10-19(16)28(25)20-11-5-3-9-18(20)27/h1-14H,15H2. The fourth-order valence-corrected chi connectivity index (χ4v) is 5.47. The minimum atomic E-state index is 0.0794. The number of carbonyl (C=O) groups is 2. The van der Waals surface area contributed by atoms with Crippen molar-refractivity contribution in [3.8, 4) is 22.3 Å². The number of benzene rings is 5. The van der Waals surface area contributed by atoms with Crippen molar-refractivity contribution in [3.05, 3.63) is 107 Å². The lowest BCUT2D eigenvalue weighted by Gasteiger charge is -2.24. The van der Waals surface area contributed by atoms with Gasteiger partial charge in [0.1, 0.15) is 0 Å². The van der Waals surface area contributed by atoms with Gasteiger partial charge in [0.15, 0.2) is 11.6 Å². The molecule has 2 nitrogen and oxygen atoms in total. The molecule has 0 heterocycles. The molecule has 0 saturated carbocycles. The Balaban J connectivity index is 1.69. The van der Waals surface area contributed by atoms with Crippen LogP contribution in [0.1, 0.15) is 31.8 Å². The van der Waals surface area contributed by atoms with Crippen LogP contribution in [-0.2, 0) is 6.42 Å². The molecule has 0 saturated heterocycles. The van der Waals surface area contributed by atoms with Gasteiger partial charge in [-0.3, -0.25) is 9.59 Å². The van der Waals surface area contributed by atoms with Crippen LogP contribution >= 0.6 is 0 Å². The van der Waals surface area contributed by atoms with Crippen LogP contribution in [0.25, 0.3) is 43.8 Å². The van der Waals surface area contributed by atoms with E-state index in [0.29, 0.717) is 6.42 Å². The number of hydrogen-bond donors (Lipinski definition) is 0. The van der Waals surface area contributed by atoms with Gasteiger partial charge in [-0.2, -0.15) is 0 Å². The van der Waals surface area contributed by atoms with E-state index in [4.69, 9.17) is 0 Å². The van der Waals surface area contributed by atoms with Gasteiger partial charge in [0.2, 0.25) is 0 Å². The highest BCUT2D eigenvalue weighted by Gasteiger charge is 2.30. The summed E-state index contributed by atoms with van der Waals surface area (Å²) in [4.78, 5) is 26.2. The van der Waals surface area contributed by atoms with Crippen LogP contribution in [-0.4, -0.2) is 11.6 Å². The van der Waals surface area contributed by atoms with Gasteiger partial charge in [-0.1, -0.05) is 72.8 Å². The zero-order valence-corrected chi connectivity index (χ0v) is 16.6. The fourth-order valence-electron chi connectivity index (χ4n) is 5.47. The average molecular weight is 396 g/mol. The van der Waals surface area contributed by atoms with E-state index in [1.807, 2.05) is 60.7 Å². The number of fused-ring (bicyclic) bond motifs is 11. The Bertz CT molecular complexity index is 1640. The lowest BCUT2D eigenvalue weighted by molar-refractivity contribution is 0.0991. The van der Waals surface area contributed by atoms with E-state index in [-0.39, 0.29) is 11.6 Å². The first kappa shape index (κ1) is 16.7. The smallest absolute Gasteiger partial charge is 0.194 e. The van der Waals surface area contributed by atoms with E-state index in [9.17, 15) is 9.59 Å². The van der Waals surface area contributed by atoms with Gasteiger partial charge in [0, 0.05) is 23.1 Å². The zero-order chi connectivity index (χ0) is 20.7. The number of ketones is 2. The fraction of sp³-hybridized carbons (Fsp3) is 0.0345. The van der Waals surface area contributed by atoms with Crippen molar-refractivity contribution in [2.24, 2.45) is 0 Å². The first-order chi connectivity index (χ1) is 15.2. The second kappa shape index (κ2) is 5.77. The maximum atomic E-state index is 13.1. The Labute approximate surface area is 178 Å². The molecule has 31 heavy (non-hydrogen) atoms. The van der Waals surface area contributed by atoms with Crippen LogP contribution in [0.4, 0.5) is 0 Å². The molecule has 0 unspecified atom stereocenters. The summed E-state index contributed by atoms with van der Waals surface area (Å²) in [5, 5.41) is 4.36. The highest BCUT2D eigenvalue weighted by molar-refractivity contribution is 6.27. The van der Waals surface area contributed by atoms with Crippen LogP contribution in [0.15, 0.2) is 84.9 Å². The summed E-state index contributed by atoms with van der Waals surface area (Å²) in [5.41, 5.74) is 7.47. The molecule has 2 heteroatoms. The molecule has 5 aromatic rings. The van der Waals surface area contributed by atoms with Crippen LogP contribution in [0, 0.1) is 0 Å². The van der Waals surface area contributed by atoms with Crippen molar-refractivity contribution in [2.75, 3.05) is 0 Å². The molecule has 0 bridgehead atoms. The van der Waals surface area contributed by atoms with E-state index < -0.39 is 0 Å². The molecule has 144 valence electrons. The van der Waals surface area contributed by atoms with Crippen molar-refractivity contribution < 1.29 is 9.59 Å². The molecule has 5 aromatic carbocycles. The van der Waals surface area contributed by atoms with E-state index in [0.717, 1.165) is 66.1 Å². The summed E-state index contributed by atoms with van der Waals surface area (Å²) in [7, 11) is 0. The summed E-state index contributed by atoms with van der Waals surface area (Å²) >= 11 is 0. The van der Waals surface area contributed by atoms with Crippen molar-refractivity contribution >= 4 is 33.1 Å². The number of Topliss-reactive ketones (excluding diaryl/α,β-unsaturated/α-hetero) is 1. The molecule has 0 amide bonds. The first-order valence-electron chi connectivity index (χ1n) is 10.5. The largest absolute Gasteiger partial charge is 0.294 e. The maximum Gasteiger partial charge on any atom is 0.194 e. The topological polar surface area (TPSA) is 34.1 Å². The molecule has 0 fully saturated rings.